The van der Waals surface area contributed by atoms with Crippen LogP contribution in [0.25, 0.3) is 0 Å². The first kappa shape index (κ1) is 10.1. The minimum atomic E-state index is -1.06. The topological polar surface area (TPSA) is 18.5 Å². The van der Waals surface area contributed by atoms with Gasteiger partial charge >= 0.3 is 7.12 Å². The lowest BCUT2D eigenvalue weighted by Gasteiger charge is -2.06. The van der Waals surface area contributed by atoms with Crippen LogP contribution in [-0.2, 0) is 0 Å². The van der Waals surface area contributed by atoms with Gasteiger partial charge in [-0.3, -0.25) is 0 Å². The zero-order valence-electron chi connectivity index (χ0n) is 8.69. The third kappa shape index (κ3) is 1.64. The smallest absolute Gasteiger partial charge is 0.519 e. The highest BCUT2D eigenvalue weighted by molar-refractivity contribution is 6.63. The van der Waals surface area contributed by atoms with Crippen LogP contribution in [0.5, 0.6) is 11.5 Å². The molecule has 0 spiro atoms. The Morgan fingerprint density at radius 1 is 0.765 bits per heavy atom. The molecule has 2 nitrogen and oxygen atoms in total. The Balaban J connectivity index is 1.99. The maximum absolute atomic E-state index is 13.5. The zero-order valence-corrected chi connectivity index (χ0v) is 8.69. The molecule has 17 heavy (non-hydrogen) atoms. The monoisotopic (exact) mass is 232 g/mol. The van der Waals surface area contributed by atoms with Crippen LogP contribution < -0.4 is 14.8 Å². The van der Waals surface area contributed by atoms with E-state index in [2.05, 4.69) is 0 Å². The van der Waals surface area contributed by atoms with E-state index in [4.69, 9.17) is 9.31 Å². The van der Waals surface area contributed by atoms with Crippen LogP contribution in [0.2, 0.25) is 0 Å². The predicted octanol–water partition coefficient (Wildman–Crippen LogP) is 2.13. The van der Waals surface area contributed by atoms with Gasteiger partial charge in [0.05, 0.1) is 5.46 Å². The first-order chi connectivity index (χ1) is 8.25. The minimum absolute atomic E-state index is 0.205. The Hall–Kier alpha value is -2.04. The number of benzene rings is 2. The SMILES string of the molecule is Fc1cccc(F)c1B1Oc2ccccc2O1. The number of halogens is 2. The van der Waals surface area contributed by atoms with Gasteiger partial charge in [-0.15, -0.1) is 0 Å². The zero-order chi connectivity index (χ0) is 11.8. The third-order valence-electron chi connectivity index (χ3n) is 2.55. The summed E-state index contributed by atoms with van der Waals surface area (Å²) in [5.41, 5.74) is -0.205. The highest BCUT2D eigenvalue weighted by Crippen LogP contribution is 2.32. The molecule has 0 bridgehead atoms. The van der Waals surface area contributed by atoms with Gasteiger partial charge in [-0.2, -0.15) is 0 Å². The van der Waals surface area contributed by atoms with Crippen LogP contribution in [-0.4, -0.2) is 7.12 Å². The summed E-state index contributed by atoms with van der Waals surface area (Å²) in [6.07, 6.45) is 0. The summed E-state index contributed by atoms with van der Waals surface area (Å²) < 4.78 is 37.8. The van der Waals surface area contributed by atoms with Gasteiger partial charge in [-0.25, -0.2) is 8.78 Å². The van der Waals surface area contributed by atoms with Crippen LogP contribution in [0.4, 0.5) is 8.78 Å². The van der Waals surface area contributed by atoms with Crippen molar-refractivity contribution >= 4 is 12.6 Å². The van der Waals surface area contributed by atoms with Crippen molar-refractivity contribution in [1.82, 2.24) is 0 Å². The Bertz CT molecular complexity index is 529. The summed E-state index contributed by atoms with van der Waals surface area (Å²) in [6, 6.07) is 10.6. The van der Waals surface area contributed by atoms with Crippen LogP contribution in [0, 0.1) is 11.6 Å². The van der Waals surface area contributed by atoms with Gasteiger partial charge in [0.15, 0.2) is 0 Å². The van der Waals surface area contributed by atoms with E-state index in [0.717, 1.165) is 0 Å². The second-order valence-electron chi connectivity index (χ2n) is 3.65. The van der Waals surface area contributed by atoms with E-state index < -0.39 is 18.8 Å². The van der Waals surface area contributed by atoms with Crippen molar-refractivity contribution in [2.24, 2.45) is 0 Å². The second-order valence-corrected chi connectivity index (χ2v) is 3.65. The van der Waals surface area contributed by atoms with Crippen molar-refractivity contribution in [2.45, 2.75) is 0 Å². The molecule has 1 aliphatic rings. The van der Waals surface area contributed by atoms with E-state index in [9.17, 15) is 8.78 Å². The van der Waals surface area contributed by atoms with Crippen molar-refractivity contribution in [3.63, 3.8) is 0 Å². The molecule has 0 amide bonds. The molecular weight excluding hydrogens is 225 g/mol. The fraction of sp³-hybridized carbons (Fsp3) is 0. The molecule has 0 aliphatic carbocycles. The molecule has 3 rings (SSSR count). The molecule has 0 atom stereocenters. The second kappa shape index (κ2) is 3.77. The number of hydrogen-bond donors (Lipinski definition) is 0. The van der Waals surface area contributed by atoms with Gasteiger partial charge in [0.25, 0.3) is 0 Å². The first-order valence-corrected chi connectivity index (χ1v) is 5.12. The normalized spacial score (nSPS) is 12.9. The molecule has 0 saturated carbocycles. The molecule has 5 heteroatoms. The van der Waals surface area contributed by atoms with Gasteiger partial charge in [0.1, 0.15) is 23.1 Å². The third-order valence-corrected chi connectivity index (χ3v) is 2.55. The molecule has 1 heterocycles. The van der Waals surface area contributed by atoms with Gasteiger partial charge < -0.3 is 9.31 Å². The molecule has 0 saturated heterocycles. The summed E-state index contributed by atoms with van der Waals surface area (Å²) in [7, 11) is -1.06. The minimum Gasteiger partial charge on any atom is -0.519 e. The largest absolute Gasteiger partial charge is 0.638 e. The predicted molar refractivity (Wildman–Crippen MR) is 59.4 cm³/mol. The average Bonchev–Trinajstić information content (AvgIpc) is 2.71. The van der Waals surface area contributed by atoms with Crippen LogP contribution in [0.3, 0.4) is 0 Å². The van der Waals surface area contributed by atoms with Crippen molar-refractivity contribution in [3.8, 4) is 11.5 Å². The van der Waals surface area contributed by atoms with Gasteiger partial charge in [0.2, 0.25) is 0 Å². The highest BCUT2D eigenvalue weighted by atomic mass is 19.1. The maximum Gasteiger partial charge on any atom is 0.638 e. The van der Waals surface area contributed by atoms with Crippen LogP contribution in [0.15, 0.2) is 42.5 Å². The van der Waals surface area contributed by atoms with Crippen LogP contribution >= 0.6 is 0 Å². The van der Waals surface area contributed by atoms with E-state index in [-0.39, 0.29) is 5.46 Å². The van der Waals surface area contributed by atoms with Crippen molar-refractivity contribution < 1.29 is 18.1 Å². The van der Waals surface area contributed by atoms with E-state index in [1.54, 1.807) is 24.3 Å². The van der Waals surface area contributed by atoms with Gasteiger partial charge in [-0.05, 0) is 24.3 Å². The Morgan fingerprint density at radius 2 is 1.29 bits per heavy atom. The first-order valence-electron chi connectivity index (χ1n) is 5.12. The fourth-order valence-corrected chi connectivity index (χ4v) is 1.75. The van der Waals surface area contributed by atoms with Gasteiger partial charge in [0, 0.05) is 0 Å². The quantitative estimate of drug-likeness (QED) is 0.701. The van der Waals surface area contributed by atoms with E-state index in [1.165, 1.54) is 18.2 Å². The van der Waals surface area contributed by atoms with E-state index in [1.807, 2.05) is 0 Å². The fourth-order valence-electron chi connectivity index (χ4n) is 1.75. The lowest BCUT2D eigenvalue weighted by Crippen LogP contribution is -2.43. The number of hydrogen-bond acceptors (Lipinski definition) is 2. The lowest BCUT2D eigenvalue weighted by atomic mass is 9.78. The molecule has 0 fully saturated rings. The standard InChI is InChI=1S/C12H7BF2O2/c14-8-4-3-5-9(15)12(8)13-16-10-6-1-2-7-11(10)17-13/h1-7H. The maximum atomic E-state index is 13.5. The molecule has 0 aromatic heterocycles. The van der Waals surface area contributed by atoms with Crippen molar-refractivity contribution in [2.75, 3.05) is 0 Å². The summed E-state index contributed by atoms with van der Waals surface area (Å²) in [5, 5.41) is 0. The molecule has 0 radical (unpaired) electrons. The molecule has 2 aromatic carbocycles. The summed E-state index contributed by atoms with van der Waals surface area (Å²) in [5.74, 6) is -0.383. The number of fused-ring (bicyclic) bond motifs is 1. The summed E-state index contributed by atoms with van der Waals surface area (Å²) in [6.45, 7) is 0. The Morgan fingerprint density at radius 3 is 1.82 bits per heavy atom. The van der Waals surface area contributed by atoms with Crippen molar-refractivity contribution in [1.29, 1.82) is 0 Å². The van der Waals surface area contributed by atoms with E-state index in [0.29, 0.717) is 11.5 Å². The highest BCUT2D eigenvalue weighted by Gasteiger charge is 2.38. The Labute approximate surface area is 96.9 Å². The van der Waals surface area contributed by atoms with Crippen LogP contribution in [0.1, 0.15) is 0 Å². The molecular formula is C12H7BF2O2. The molecule has 84 valence electrons. The number of rotatable bonds is 1. The van der Waals surface area contributed by atoms with E-state index >= 15 is 0 Å². The molecule has 0 N–H and O–H groups in total. The number of para-hydroxylation sites is 2. The molecule has 1 aliphatic heterocycles. The summed E-state index contributed by atoms with van der Waals surface area (Å²) >= 11 is 0. The molecule has 2 aromatic rings. The lowest BCUT2D eigenvalue weighted by molar-refractivity contribution is 0.505. The molecule has 0 unspecified atom stereocenters. The summed E-state index contributed by atoms with van der Waals surface area (Å²) in [4.78, 5) is 0. The average molecular weight is 232 g/mol. The Kier molecular flexibility index (Phi) is 2.25. The van der Waals surface area contributed by atoms with Gasteiger partial charge in [-0.1, -0.05) is 18.2 Å². The van der Waals surface area contributed by atoms with Crippen molar-refractivity contribution in [3.05, 3.63) is 54.1 Å².